The molecule has 22 heavy (non-hydrogen) atoms. The Hall–Kier alpha value is -2.59. The number of halogens is 1. The van der Waals surface area contributed by atoms with Crippen LogP contribution >= 0.6 is 0 Å². The summed E-state index contributed by atoms with van der Waals surface area (Å²) in [5.41, 5.74) is 0. The lowest BCUT2D eigenvalue weighted by Crippen LogP contribution is -2.37. The van der Waals surface area contributed by atoms with Crippen LogP contribution in [0.25, 0.3) is 0 Å². The van der Waals surface area contributed by atoms with Gasteiger partial charge in [-0.25, -0.2) is 15.2 Å². The molecule has 0 spiro atoms. The minimum absolute atomic E-state index is 0.124. The van der Waals surface area contributed by atoms with Crippen molar-refractivity contribution in [3.8, 4) is 6.01 Å². The Bertz CT molecular complexity index is 798. The van der Waals surface area contributed by atoms with E-state index < -0.39 is 33.7 Å². The van der Waals surface area contributed by atoms with E-state index in [9.17, 15) is 17.6 Å². The van der Waals surface area contributed by atoms with Crippen molar-refractivity contribution in [2.45, 2.75) is 11.8 Å². The predicted molar refractivity (Wildman–Crippen MR) is 73.6 cm³/mol. The summed E-state index contributed by atoms with van der Waals surface area (Å²) < 4.78 is 42.2. The third-order valence-corrected chi connectivity index (χ3v) is 3.71. The molecule has 0 saturated carbocycles. The van der Waals surface area contributed by atoms with Gasteiger partial charge in [0.05, 0.1) is 6.20 Å². The number of hydrogen-bond donors (Lipinski definition) is 1. The molecule has 0 saturated heterocycles. The summed E-state index contributed by atoms with van der Waals surface area (Å²) in [5.74, 6) is 3.04. The lowest BCUT2D eigenvalue weighted by molar-refractivity contribution is -0.116. The van der Waals surface area contributed by atoms with Gasteiger partial charge in [-0.1, -0.05) is 18.2 Å². The summed E-state index contributed by atoms with van der Waals surface area (Å²) in [6.45, 7) is 1.09. The molecule has 0 fully saturated rings. The zero-order valence-electron chi connectivity index (χ0n) is 11.3. The number of hydrogen-bond acceptors (Lipinski definition) is 7. The summed E-state index contributed by atoms with van der Waals surface area (Å²) in [4.78, 5) is 17.9. The molecule has 116 valence electrons. The molecule has 2 aromatic rings. The van der Waals surface area contributed by atoms with Gasteiger partial charge in [-0.3, -0.25) is 4.79 Å². The summed E-state index contributed by atoms with van der Waals surface area (Å²) in [6.07, 6.45) is 0.654. The molecule has 0 bridgehead atoms. The van der Waals surface area contributed by atoms with Crippen molar-refractivity contribution in [1.29, 1.82) is 0 Å². The second-order valence-corrected chi connectivity index (χ2v) is 5.61. The van der Waals surface area contributed by atoms with Crippen LogP contribution in [0.4, 0.5) is 10.2 Å². The summed E-state index contributed by atoms with van der Waals surface area (Å²) in [6, 6.07) is 6.60. The van der Waals surface area contributed by atoms with Crippen LogP contribution in [-0.2, 0) is 14.9 Å². The number of amides is 1. The fourth-order valence-electron chi connectivity index (χ4n) is 1.43. The summed E-state index contributed by atoms with van der Waals surface area (Å²) >= 11 is 0. The number of benzene rings is 1. The van der Waals surface area contributed by atoms with Crippen molar-refractivity contribution in [1.82, 2.24) is 9.97 Å². The molecule has 1 amide bonds. The highest BCUT2D eigenvalue weighted by Gasteiger charge is 2.21. The van der Waals surface area contributed by atoms with Gasteiger partial charge in [0.25, 0.3) is 0 Å². The highest BCUT2D eigenvalue weighted by Crippen LogP contribution is 2.19. The standard InChI is InChI=1S/C12H11FN4O4S/c1-8(18)17(14)11-10(13)7-15-12(16-11)21-22(19,20)9-5-3-2-4-6-9/h2-7H,14H2,1H3. The lowest BCUT2D eigenvalue weighted by Gasteiger charge is -2.14. The van der Waals surface area contributed by atoms with Crippen LogP contribution in [0.15, 0.2) is 41.4 Å². The van der Waals surface area contributed by atoms with Gasteiger partial charge in [-0.2, -0.15) is 18.4 Å². The van der Waals surface area contributed by atoms with E-state index in [0.717, 1.165) is 6.92 Å². The maximum Gasteiger partial charge on any atom is 0.341 e. The predicted octanol–water partition coefficient (Wildman–Crippen LogP) is 0.610. The first kappa shape index (κ1) is 15.8. The zero-order valence-corrected chi connectivity index (χ0v) is 12.1. The largest absolute Gasteiger partial charge is 0.341 e. The van der Waals surface area contributed by atoms with E-state index in [1.807, 2.05) is 0 Å². The van der Waals surface area contributed by atoms with Crippen LogP contribution in [-0.4, -0.2) is 24.3 Å². The number of anilines is 1. The van der Waals surface area contributed by atoms with E-state index in [1.54, 1.807) is 6.07 Å². The topological polar surface area (TPSA) is 115 Å². The van der Waals surface area contributed by atoms with E-state index in [-0.39, 0.29) is 4.90 Å². The number of carbonyl (C=O) groups is 1. The average Bonchev–Trinajstić information content (AvgIpc) is 2.49. The second kappa shape index (κ2) is 6.03. The molecular formula is C12H11FN4O4S. The Morgan fingerprint density at radius 3 is 2.55 bits per heavy atom. The third-order valence-electron chi connectivity index (χ3n) is 2.49. The maximum atomic E-state index is 13.5. The molecule has 10 heteroatoms. The van der Waals surface area contributed by atoms with Gasteiger partial charge in [0.15, 0.2) is 11.6 Å². The van der Waals surface area contributed by atoms with Crippen molar-refractivity contribution >= 4 is 21.8 Å². The van der Waals surface area contributed by atoms with Crippen LogP contribution in [0.3, 0.4) is 0 Å². The monoisotopic (exact) mass is 326 g/mol. The van der Waals surface area contributed by atoms with Crippen LogP contribution in [0, 0.1) is 5.82 Å². The van der Waals surface area contributed by atoms with Gasteiger partial charge in [0.1, 0.15) is 4.90 Å². The fourth-order valence-corrected chi connectivity index (χ4v) is 2.30. The molecule has 0 aliphatic carbocycles. The third kappa shape index (κ3) is 3.35. The normalized spacial score (nSPS) is 11.0. The van der Waals surface area contributed by atoms with E-state index in [2.05, 4.69) is 9.97 Å². The minimum atomic E-state index is -4.18. The Morgan fingerprint density at radius 1 is 1.32 bits per heavy atom. The van der Waals surface area contributed by atoms with Gasteiger partial charge >= 0.3 is 16.1 Å². The first-order chi connectivity index (χ1) is 10.3. The van der Waals surface area contributed by atoms with Crippen molar-refractivity contribution < 1.29 is 21.8 Å². The Kier molecular flexibility index (Phi) is 4.33. The minimum Gasteiger partial charge on any atom is -0.339 e. The highest BCUT2D eigenvalue weighted by atomic mass is 32.2. The first-order valence-corrected chi connectivity index (χ1v) is 7.29. The lowest BCUT2D eigenvalue weighted by atomic mass is 10.4. The van der Waals surface area contributed by atoms with Crippen molar-refractivity contribution in [3.63, 3.8) is 0 Å². The Labute approximate surface area is 125 Å². The highest BCUT2D eigenvalue weighted by molar-refractivity contribution is 7.87. The number of carbonyl (C=O) groups excluding carboxylic acids is 1. The molecule has 2 N–H and O–H groups in total. The molecule has 1 heterocycles. The Morgan fingerprint density at radius 2 is 1.95 bits per heavy atom. The van der Waals surface area contributed by atoms with Gasteiger partial charge < -0.3 is 4.18 Å². The van der Waals surface area contributed by atoms with Gasteiger partial charge in [-0.05, 0) is 12.1 Å². The summed E-state index contributed by atoms with van der Waals surface area (Å²) in [5, 5.41) is 0.416. The maximum absolute atomic E-state index is 13.5. The smallest absolute Gasteiger partial charge is 0.339 e. The quantitative estimate of drug-likeness (QED) is 0.379. The number of hydrazine groups is 1. The van der Waals surface area contributed by atoms with Gasteiger partial charge in [0, 0.05) is 6.92 Å². The molecule has 8 nitrogen and oxygen atoms in total. The molecule has 0 atom stereocenters. The molecule has 2 rings (SSSR count). The van der Waals surface area contributed by atoms with Crippen LogP contribution in [0.2, 0.25) is 0 Å². The molecule has 0 radical (unpaired) electrons. The van der Waals surface area contributed by atoms with Gasteiger partial charge in [0.2, 0.25) is 5.91 Å². The van der Waals surface area contributed by atoms with Gasteiger partial charge in [-0.15, -0.1) is 0 Å². The van der Waals surface area contributed by atoms with Crippen molar-refractivity contribution in [3.05, 3.63) is 42.3 Å². The SMILES string of the molecule is CC(=O)N(N)c1nc(OS(=O)(=O)c2ccccc2)ncc1F. The van der Waals surface area contributed by atoms with E-state index >= 15 is 0 Å². The number of aromatic nitrogens is 2. The Balaban J connectivity index is 2.35. The average molecular weight is 326 g/mol. The molecular weight excluding hydrogens is 315 g/mol. The van der Waals surface area contributed by atoms with Crippen molar-refractivity contribution in [2.24, 2.45) is 5.84 Å². The first-order valence-electron chi connectivity index (χ1n) is 5.89. The number of nitrogens with two attached hydrogens (primary N) is 1. The van der Waals surface area contributed by atoms with Crippen LogP contribution < -0.4 is 15.0 Å². The van der Waals surface area contributed by atoms with Crippen molar-refractivity contribution in [2.75, 3.05) is 5.01 Å². The van der Waals surface area contributed by atoms with Crippen LogP contribution in [0.5, 0.6) is 6.01 Å². The molecule has 0 unspecified atom stereocenters. The van der Waals surface area contributed by atoms with E-state index in [1.165, 1.54) is 24.3 Å². The molecule has 1 aromatic carbocycles. The molecule has 0 aliphatic rings. The second-order valence-electron chi connectivity index (χ2n) is 4.06. The van der Waals surface area contributed by atoms with E-state index in [0.29, 0.717) is 11.2 Å². The molecule has 1 aromatic heterocycles. The van der Waals surface area contributed by atoms with E-state index in [4.69, 9.17) is 10.0 Å². The fraction of sp³-hybridized carbons (Fsp3) is 0.0833. The van der Waals surface area contributed by atoms with Crippen LogP contribution in [0.1, 0.15) is 6.92 Å². The number of nitrogens with zero attached hydrogens (tertiary/aromatic N) is 3. The zero-order chi connectivity index (χ0) is 16.3. The summed E-state index contributed by atoms with van der Waals surface area (Å²) in [7, 11) is -4.18. The number of rotatable bonds is 4. The molecule has 0 aliphatic heterocycles.